The number of ether oxygens (including phenoxy) is 1. The van der Waals surface area contributed by atoms with Crippen LogP contribution in [0.1, 0.15) is 30.4 Å². The third-order valence-electron chi connectivity index (χ3n) is 3.67. The number of hydrogen-bond acceptors (Lipinski definition) is 4. The van der Waals surface area contributed by atoms with Crippen LogP contribution in [0.15, 0.2) is 23.1 Å². The molecule has 108 valence electrons. The predicted octanol–water partition coefficient (Wildman–Crippen LogP) is 1.71. The lowest BCUT2D eigenvalue weighted by Gasteiger charge is -2.14. The van der Waals surface area contributed by atoms with E-state index < -0.39 is 10.0 Å². The molecule has 0 aliphatic heterocycles. The van der Waals surface area contributed by atoms with Gasteiger partial charge in [0.1, 0.15) is 0 Å². The Morgan fingerprint density at radius 3 is 2.70 bits per heavy atom. The third kappa shape index (κ3) is 3.18. The van der Waals surface area contributed by atoms with Crippen molar-refractivity contribution >= 4 is 10.0 Å². The molecule has 0 heterocycles. The first kappa shape index (κ1) is 15.0. The minimum Gasteiger partial charge on any atom is -0.381 e. The Bertz CT molecular complexity index is 634. The summed E-state index contributed by atoms with van der Waals surface area (Å²) in [5, 5.41) is 8.87. The van der Waals surface area contributed by atoms with Crippen molar-refractivity contribution in [1.29, 1.82) is 5.26 Å². The molecular formula is C14H18N2O3S. The van der Waals surface area contributed by atoms with Crippen LogP contribution in [0.25, 0.3) is 0 Å². The number of aryl methyl sites for hydroxylation is 1. The van der Waals surface area contributed by atoms with Gasteiger partial charge < -0.3 is 4.74 Å². The minimum absolute atomic E-state index is 0.0825. The van der Waals surface area contributed by atoms with Gasteiger partial charge in [0.2, 0.25) is 10.0 Å². The zero-order valence-electron chi connectivity index (χ0n) is 11.6. The zero-order chi connectivity index (χ0) is 14.8. The molecule has 0 aromatic heterocycles. The number of hydrogen-bond donors (Lipinski definition) is 1. The highest BCUT2D eigenvalue weighted by atomic mass is 32.2. The molecule has 2 atom stereocenters. The fraction of sp³-hybridized carbons (Fsp3) is 0.500. The normalized spacial score (nSPS) is 22.6. The molecule has 0 spiro atoms. The van der Waals surface area contributed by atoms with Crippen LogP contribution < -0.4 is 4.72 Å². The van der Waals surface area contributed by atoms with E-state index in [1.54, 1.807) is 14.0 Å². The Labute approximate surface area is 119 Å². The summed E-state index contributed by atoms with van der Waals surface area (Å²) in [5.74, 6) is 0. The topological polar surface area (TPSA) is 79.2 Å². The summed E-state index contributed by atoms with van der Waals surface area (Å²) in [7, 11) is -1.89. The number of benzene rings is 1. The minimum atomic E-state index is -3.54. The fourth-order valence-corrected chi connectivity index (χ4v) is 3.85. The van der Waals surface area contributed by atoms with Gasteiger partial charge in [0, 0.05) is 13.2 Å². The van der Waals surface area contributed by atoms with E-state index in [0.29, 0.717) is 17.5 Å². The van der Waals surface area contributed by atoms with E-state index >= 15 is 0 Å². The second-order valence-electron chi connectivity index (χ2n) is 5.08. The monoisotopic (exact) mass is 294 g/mol. The highest BCUT2D eigenvalue weighted by molar-refractivity contribution is 7.89. The number of rotatable bonds is 4. The van der Waals surface area contributed by atoms with Crippen LogP contribution in [0.4, 0.5) is 0 Å². The number of methoxy groups -OCH3 is 1. The van der Waals surface area contributed by atoms with Crippen molar-refractivity contribution in [2.24, 2.45) is 0 Å². The summed E-state index contributed by atoms with van der Waals surface area (Å²) in [5.41, 5.74) is 1.15. The Morgan fingerprint density at radius 2 is 2.15 bits per heavy atom. The maximum Gasteiger partial charge on any atom is 0.240 e. The summed E-state index contributed by atoms with van der Waals surface area (Å²) < 4.78 is 32.6. The lowest BCUT2D eigenvalue weighted by atomic mass is 10.1. The van der Waals surface area contributed by atoms with Gasteiger partial charge in [-0.25, -0.2) is 13.1 Å². The second-order valence-corrected chi connectivity index (χ2v) is 6.79. The molecule has 2 rings (SSSR count). The quantitative estimate of drug-likeness (QED) is 0.917. The van der Waals surface area contributed by atoms with E-state index in [1.165, 1.54) is 18.2 Å². The average Bonchev–Trinajstić information content (AvgIpc) is 2.85. The highest BCUT2D eigenvalue weighted by Gasteiger charge is 2.28. The first-order valence-electron chi connectivity index (χ1n) is 6.52. The standard InChI is InChI=1S/C14H18N2O3S/c1-10-7-14(6-3-11(10)9-15)20(17,18)16-12-4-5-13(8-12)19-2/h3,6-7,12-13,16H,4-5,8H2,1-2H3. The van der Waals surface area contributed by atoms with Gasteiger partial charge in [0.25, 0.3) is 0 Å². The Balaban J connectivity index is 2.15. The third-order valence-corrected chi connectivity index (χ3v) is 5.19. The Hall–Kier alpha value is -1.42. The van der Waals surface area contributed by atoms with Gasteiger partial charge >= 0.3 is 0 Å². The van der Waals surface area contributed by atoms with Crippen LogP contribution in [0.5, 0.6) is 0 Å². The molecule has 0 amide bonds. The maximum absolute atomic E-state index is 12.3. The Morgan fingerprint density at radius 1 is 1.40 bits per heavy atom. The molecule has 2 unspecified atom stereocenters. The van der Waals surface area contributed by atoms with Crippen LogP contribution in [0.2, 0.25) is 0 Å². The molecule has 1 N–H and O–H groups in total. The van der Waals surface area contributed by atoms with E-state index in [-0.39, 0.29) is 17.0 Å². The molecular weight excluding hydrogens is 276 g/mol. The number of nitrogens with one attached hydrogen (secondary N) is 1. The lowest BCUT2D eigenvalue weighted by Crippen LogP contribution is -2.33. The van der Waals surface area contributed by atoms with Crippen LogP contribution in [0, 0.1) is 18.3 Å². The first-order valence-corrected chi connectivity index (χ1v) is 8.00. The van der Waals surface area contributed by atoms with Gasteiger partial charge in [-0.2, -0.15) is 5.26 Å². The molecule has 0 saturated heterocycles. The molecule has 1 fully saturated rings. The van der Waals surface area contributed by atoms with Gasteiger partial charge in [-0.3, -0.25) is 0 Å². The molecule has 1 aromatic rings. The van der Waals surface area contributed by atoms with Crippen molar-refractivity contribution in [3.05, 3.63) is 29.3 Å². The van der Waals surface area contributed by atoms with E-state index in [4.69, 9.17) is 10.00 Å². The summed E-state index contributed by atoms with van der Waals surface area (Å²) in [6, 6.07) is 6.48. The average molecular weight is 294 g/mol. The fourth-order valence-electron chi connectivity index (χ4n) is 2.48. The van der Waals surface area contributed by atoms with Gasteiger partial charge in [-0.1, -0.05) is 0 Å². The van der Waals surface area contributed by atoms with Gasteiger partial charge in [-0.05, 0) is 49.9 Å². The highest BCUT2D eigenvalue weighted by Crippen LogP contribution is 2.23. The van der Waals surface area contributed by atoms with Crippen molar-refractivity contribution < 1.29 is 13.2 Å². The van der Waals surface area contributed by atoms with E-state index in [9.17, 15) is 8.42 Å². The number of sulfonamides is 1. The number of nitriles is 1. The van der Waals surface area contributed by atoms with E-state index in [2.05, 4.69) is 4.72 Å². The lowest BCUT2D eigenvalue weighted by molar-refractivity contribution is 0.107. The van der Waals surface area contributed by atoms with Gasteiger partial charge in [-0.15, -0.1) is 0 Å². The summed E-state index contributed by atoms with van der Waals surface area (Å²) in [6.07, 6.45) is 2.49. The number of nitrogens with zero attached hydrogens (tertiary/aromatic N) is 1. The first-order chi connectivity index (χ1) is 9.46. The molecule has 20 heavy (non-hydrogen) atoms. The van der Waals surface area contributed by atoms with Crippen LogP contribution >= 0.6 is 0 Å². The molecule has 0 radical (unpaired) electrons. The molecule has 1 saturated carbocycles. The molecule has 1 aliphatic carbocycles. The van der Waals surface area contributed by atoms with Gasteiger partial charge in [0.15, 0.2) is 0 Å². The summed E-state index contributed by atoms with van der Waals surface area (Å²) >= 11 is 0. The zero-order valence-corrected chi connectivity index (χ0v) is 12.4. The van der Waals surface area contributed by atoms with Gasteiger partial charge in [0.05, 0.1) is 22.6 Å². The largest absolute Gasteiger partial charge is 0.381 e. The van der Waals surface area contributed by atoms with Crippen molar-refractivity contribution in [2.75, 3.05) is 7.11 Å². The van der Waals surface area contributed by atoms with Crippen molar-refractivity contribution in [3.8, 4) is 6.07 Å². The molecule has 6 heteroatoms. The summed E-state index contributed by atoms with van der Waals surface area (Å²) in [6.45, 7) is 1.73. The SMILES string of the molecule is COC1CCC(NS(=O)(=O)c2ccc(C#N)c(C)c2)C1. The summed E-state index contributed by atoms with van der Waals surface area (Å²) in [4.78, 5) is 0.204. The van der Waals surface area contributed by atoms with E-state index in [0.717, 1.165) is 12.8 Å². The van der Waals surface area contributed by atoms with Crippen LogP contribution in [-0.2, 0) is 14.8 Å². The van der Waals surface area contributed by atoms with Crippen molar-refractivity contribution in [2.45, 2.75) is 43.2 Å². The maximum atomic E-state index is 12.3. The Kier molecular flexibility index (Phi) is 4.43. The van der Waals surface area contributed by atoms with Crippen molar-refractivity contribution in [3.63, 3.8) is 0 Å². The predicted molar refractivity (Wildman–Crippen MR) is 74.7 cm³/mol. The molecule has 5 nitrogen and oxygen atoms in total. The molecule has 0 bridgehead atoms. The van der Waals surface area contributed by atoms with E-state index in [1.807, 2.05) is 6.07 Å². The van der Waals surface area contributed by atoms with Crippen LogP contribution in [0.3, 0.4) is 0 Å². The van der Waals surface area contributed by atoms with Crippen LogP contribution in [-0.4, -0.2) is 27.7 Å². The second kappa shape index (κ2) is 5.92. The van der Waals surface area contributed by atoms with Crippen molar-refractivity contribution in [1.82, 2.24) is 4.72 Å². The smallest absolute Gasteiger partial charge is 0.240 e. The molecule has 1 aromatic carbocycles. The molecule has 1 aliphatic rings.